The second kappa shape index (κ2) is 7.20. The fraction of sp³-hybridized carbons (Fsp3) is 0.333. The normalized spacial score (nSPS) is 17.1. The molecule has 0 N–H and O–H groups in total. The first-order valence-electron chi connectivity index (χ1n) is 8.25. The molecule has 1 atom stereocenters. The molecule has 0 fully saturated rings. The van der Waals surface area contributed by atoms with Crippen molar-refractivity contribution in [3.05, 3.63) is 54.1 Å². The Kier molecular flexibility index (Phi) is 5.15. The van der Waals surface area contributed by atoms with Gasteiger partial charge in [-0.2, -0.15) is 4.31 Å². The van der Waals surface area contributed by atoms with Crippen LogP contribution in [0.3, 0.4) is 0 Å². The predicted molar refractivity (Wildman–Crippen MR) is 94.9 cm³/mol. The number of para-hydroxylation sites is 2. The van der Waals surface area contributed by atoms with Gasteiger partial charge in [-0.25, -0.2) is 17.2 Å². The van der Waals surface area contributed by atoms with Crippen LogP contribution in [0.4, 0.5) is 14.5 Å². The van der Waals surface area contributed by atoms with Gasteiger partial charge in [0.25, 0.3) is 0 Å². The van der Waals surface area contributed by atoms with Crippen molar-refractivity contribution in [2.24, 2.45) is 0 Å². The summed E-state index contributed by atoms with van der Waals surface area (Å²) in [5, 5.41) is 0. The summed E-state index contributed by atoms with van der Waals surface area (Å²) in [6, 6.07) is 9.90. The molecule has 0 radical (unpaired) electrons. The van der Waals surface area contributed by atoms with E-state index >= 15 is 0 Å². The lowest BCUT2D eigenvalue weighted by molar-refractivity contribution is 0.171. The first-order chi connectivity index (χ1) is 12.3. The molecule has 0 saturated heterocycles. The van der Waals surface area contributed by atoms with Gasteiger partial charge in [0, 0.05) is 13.6 Å². The van der Waals surface area contributed by atoms with E-state index in [4.69, 9.17) is 4.74 Å². The van der Waals surface area contributed by atoms with Gasteiger partial charge in [0.2, 0.25) is 10.0 Å². The van der Waals surface area contributed by atoms with Crippen LogP contribution < -0.4 is 9.64 Å². The quantitative estimate of drug-likeness (QED) is 0.798. The maximum Gasteiger partial charge on any atom is 0.245 e. The molecule has 3 rings (SSSR count). The predicted octanol–water partition coefficient (Wildman–Crippen LogP) is 2.87. The minimum Gasteiger partial charge on any atom is -0.485 e. The highest BCUT2D eigenvalue weighted by atomic mass is 32.2. The number of hydrogen-bond donors (Lipinski definition) is 0. The molecule has 0 amide bonds. The number of anilines is 1. The molecule has 0 spiro atoms. The zero-order valence-corrected chi connectivity index (χ0v) is 15.3. The Morgan fingerprint density at radius 3 is 2.69 bits per heavy atom. The first-order valence-corrected chi connectivity index (χ1v) is 9.69. The van der Waals surface area contributed by atoms with Crippen molar-refractivity contribution < 1.29 is 21.9 Å². The number of rotatable bonds is 5. The van der Waals surface area contributed by atoms with Crippen molar-refractivity contribution in [3.8, 4) is 5.75 Å². The topological polar surface area (TPSA) is 49.9 Å². The van der Waals surface area contributed by atoms with Crippen molar-refractivity contribution in [1.82, 2.24) is 4.31 Å². The Labute approximate surface area is 151 Å². The molecule has 2 aromatic rings. The Morgan fingerprint density at radius 1 is 1.23 bits per heavy atom. The van der Waals surface area contributed by atoms with Gasteiger partial charge in [-0.15, -0.1) is 0 Å². The molecular formula is C18H20F2N2O3S. The van der Waals surface area contributed by atoms with E-state index in [1.165, 1.54) is 7.05 Å². The Bertz CT molecular complexity index is 905. The molecule has 8 heteroatoms. The lowest BCUT2D eigenvalue weighted by atomic mass is 10.2. The number of ether oxygens (including phenoxy) is 1. The third-order valence-electron chi connectivity index (χ3n) is 4.35. The van der Waals surface area contributed by atoms with Crippen molar-refractivity contribution >= 4 is 15.7 Å². The number of sulfonamides is 1. The van der Waals surface area contributed by atoms with Crippen LogP contribution in [0.5, 0.6) is 5.75 Å². The van der Waals surface area contributed by atoms with E-state index in [0.29, 0.717) is 18.4 Å². The lowest BCUT2D eigenvalue weighted by Crippen LogP contribution is -2.46. The monoisotopic (exact) mass is 382 g/mol. The number of likely N-dealkylation sites (N-methyl/N-ethyl adjacent to an activating group) is 2. The molecule has 1 aliphatic rings. The summed E-state index contributed by atoms with van der Waals surface area (Å²) in [6.07, 6.45) is -0.429. The second-order valence-electron chi connectivity index (χ2n) is 6.11. The zero-order chi connectivity index (χ0) is 18.9. The van der Waals surface area contributed by atoms with Gasteiger partial charge in [0.1, 0.15) is 28.4 Å². The maximum absolute atomic E-state index is 13.9. The van der Waals surface area contributed by atoms with Gasteiger partial charge >= 0.3 is 0 Å². The summed E-state index contributed by atoms with van der Waals surface area (Å²) in [7, 11) is -2.84. The smallest absolute Gasteiger partial charge is 0.245 e. The Morgan fingerprint density at radius 2 is 1.96 bits per heavy atom. The molecule has 0 aliphatic carbocycles. The average molecular weight is 382 g/mol. The standard InChI is InChI=1S/C18H20F2N2O3S/c1-3-22-12-14(25-17-7-5-4-6-16(17)22)11-21(2)26(23,24)18-10-13(19)8-9-15(18)20/h4-10,14H,3,11-12H2,1-2H3/t14-/m0/s1. The highest BCUT2D eigenvalue weighted by molar-refractivity contribution is 7.89. The summed E-state index contributed by atoms with van der Waals surface area (Å²) in [6.45, 7) is 3.26. The summed E-state index contributed by atoms with van der Waals surface area (Å²) in [4.78, 5) is 1.41. The van der Waals surface area contributed by atoms with Crippen LogP contribution in [0.15, 0.2) is 47.4 Å². The van der Waals surface area contributed by atoms with E-state index in [1.54, 1.807) is 0 Å². The fourth-order valence-corrected chi connectivity index (χ4v) is 4.28. The van der Waals surface area contributed by atoms with E-state index in [2.05, 4.69) is 4.90 Å². The zero-order valence-electron chi connectivity index (χ0n) is 14.5. The molecule has 26 heavy (non-hydrogen) atoms. The number of fused-ring (bicyclic) bond motifs is 1. The summed E-state index contributed by atoms with van der Waals surface area (Å²) < 4.78 is 59.4. The Hall–Kier alpha value is -2.19. The van der Waals surface area contributed by atoms with Gasteiger partial charge < -0.3 is 9.64 Å². The van der Waals surface area contributed by atoms with Crippen molar-refractivity contribution in [2.45, 2.75) is 17.9 Å². The largest absolute Gasteiger partial charge is 0.485 e. The molecule has 5 nitrogen and oxygen atoms in total. The lowest BCUT2D eigenvalue weighted by Gasteiger charge is -2.36. The molecule has 0 bridgehead atoms. The number of benzene rings is 2. The molecule has 140 valence electrons. The molecule has 0 unspecified atom stereocenters. The van der Waals surface area contributed by atoms with Crippen LogP contribution in [0.2, 0.25) is 0 Å². The summed E-state index contributed by atoms with van der Waals surface area (Å²) in [5.41, 5.74) is 0.952. The molecule has 1 heterocycles. The molecule has 2 aromatic carbocycles. The van der Waals surface area contributed by atoms with E-state index in [1.807, 2.05) is 31.2 Å². The Balaban J connectivity index is 1.82. The van der Waals surface area contributed by atoms with Gasteiger partial charge in [0.05, 0.1) is 18.8 Å². The highest BCUT2D eigenvalue weighted by Crippen LogP contribution is 2.33. The van der Waals surface area contributed by atoms with E-state index < -0.39 is 32.7 Å². The van der Waals surface area contributed by atoms with Crippen LogP contribution in [0, 0.1) is 11.6 Å². The summed E-state index contributed by atoms with van der Waals surface area (Å²) in [5.74, 6) is -1.12. The van der Waals surface area contributed by atoms with E-state index in [9.17, 15) is 17.2 Å². The van der Waals surface area contributed by atoms with Crippen molar-refractivity contribution in [2.75, 3.05) is 31.6 Å². The van der Waals surface area contributed by atoms with Crippen LogP contribution in [0.25, 0.3) is 0 Å². The second-order valence-corrected chi connectivity index (χ2v) is 8.12. The molecule has 0 aromatic heterocycles. The maximum atomic E-state index is 13.9. The van der Waals surface area contributed by atoms with Crippen LogP contribution in [-0.2, 0) is 10.0 Å². The highest BCUT2D eigenvalue weighted by Gasteiger charge is 2.31. The van der Waals surface area contributed by atoms with Gasteiger partial charge in [-0.3, -0.25) is 0 Å². The molecular weight excluding hydrogens is 362 g/mol. The van der Waals surface area contributed by atoms with Crippen molar-refractivity contribution in [1.29, 1.82) is 0 Å². The van der Waals surface area contributed by atoms with E-state index in [0.717, 1.165) is 28.7 Å². The van der Waals surface area contributed by atoms with Gasteiger partial charge in [-0.1, -0.05) is 12.1 Å². The van der Waals surface area contributed by atoms with Crippen LogP contribution >= 0.6 is 0 Å². The van der Waals surface area contributed by atoms with Crippen LogP contribution in [-0.4, -0.2) is 45.5 Å². The third kappa shape index (κ3) is 3.52. The fourth-order valence-electron chi connectivity index (χ4n) is 3.00. The van der Waals surface area contributed by atoms with Gasteiger partial charge in [0.15, 0.2) is 0 Å². The number of halogens is 2. The minimum atomic E-state index is -4.17. The minimum absolute atomic E-state index is 0.0170. The average Bonchev–Trinajstić information content (AvgIpc) is 2.62. The third-order valence-corrected chi connectivity index (χ3v) is 6.19. The van der Waals surface area contributed by atoms with Crippen LogP contribution in [0.1, 0.15) is 6.92 Å². The SMILES string of the molecule is CCN1C[C@H](CN(C)S(=O)(=O)c2cc(F)ccc2F)Oc2ccccc21. The first kappa shape index (κ1) is 18.6. The number of hydrogen-bond acceptors (Lipinski definition) is 4. The number of nitrogens with zero attached hydrogens (tertiary/aromatic N) is 2. The summed E-state index contributed by atoms with van der Waals surface area (Å²) >= 11 is 0. The van der Waals surface area contributed by atoms with Crippen molar-refractivity contribution in [3.63, 3.8) is 0 Å². The van der Waals surface area contributed by atoms with Gasteiger partial charge in [-0.05, 0) is 37.3 Å². The van der Waals surface area contributed by atoms with E-state index in [-0.39, 0.29) is 6.54 Å². The molecule has 0 saturated carbocycles. The molecule has 1 aliphatic heterocycles.